The summed E-state index contributed by atoms with van der Waals surface area (Å²) in [6, 6.07) is 22.4. The molecule has 0 saturated carbocycles. The van der Waals surface area contributed by atoms with Gasteiger partial charge in [0.1, 0.15) is 5.75 Å². The summed E-state index contributed by atoms with van der Waals surface area (Å²) in [6.07, 6.45) is 1.82. The summed E-state index contributed by atoms with van der Waals surface area (Å²) in [4.78, 5) is 29.8. The van der Waals surface area contributed by atoms with Gasteiger partial charge in [0.05, 0.1) is 18.4 Å². The van der Waals surface area contributed by atoms with Gasteiger partial charge in [0.2, 0.25) is 0 Å². The van der Waals surface area contributed by atoms with Crippen LogP contribution in [0.4, 0.5) is 5.69 Å². The van der Waals surface area contributed by atoms with Crippen molar-refractivity contribution in [2.75, 3.05) is 19.1 Å². The zero-order chi connectivity index (χ0) is 22.0. The van der Waals surface area contributed by atoms with Gasteiger partial charge < -0.3 is 9.64 Å². The Kier molecular flexibility index (Phi) is 5.58. The van der Waals surface area contributed by atoms with E-state index in [1.54, 1.807) is 37.4 Å². The minimum atomic E-state index is -0.343. The summed E-state index contributed by atoms with van der Waals surface area (Å²) in [5, 5.41) is 0. The summed E-state index contributed by atoms with van der Waals surface area (Å²) < 4.78 is 5.20. The Labute approximate surface area is 182 Å². The third kappa shape index (κ3) is 4.08. The second-order valence-electron chi connectivity index (χ2n) is 7.63. The van der Waals surface area contributed by atoms with Crippen molar-refractivity contribution < 1.29 is 14.3 Å². The zero-order valence-electron chi connectivity index (χ0n) is 17.8. The first-order valence-corrected chi connectivity index (χ1v) is 10.1. The molecule has 0 spiro atoms. The molecule has 0 bridgehead atoms. The molecule has 3 aromatic rings. The van der Waals surface area contributed by atoms with Crippen LogP contribution in [-0.4, -0.2) is 30.9 Å². The van der Waals surface area contributed by atoms with Crippen molar-refractivity contribution in [3.63, 3.8) is 0 Å². The van der Waals surface area contributed by atoms with E-state index in [2.05, 4.69) is 31.2 Å². The van der Waals surface area contributed by atoms with Crippen LogP contribution in [-0.2, 0) is 11.3 Å². The van der Waals surface area contributed by atoms with Crippen LogP contribution in [0.1, 0.15) is 27.0 Å². The lowest BCUT2D eigenvalue weighted by molar-refractivity contribution is -0.112. The molecular weight excluding hydrogens is 388 g/mol. The van der Waals surface area contributed by atoms with Crippen molar-refractivity contribution in [3.05, 3.63) is 101 Å². The van der Waals surface area contributed by atoms with Gasteiger partial charge in [-0.1, -0.05) is 48.0 Å². The maximum absolute atomic E-state index is 13.5. The third-order valence-electron chi connectivity index (χ3n) is 5.32. The number of aryl methyl sites for hydroxylation is 1. The Balaban J connectivity index is 1.72. The number of methoxy groups -OCH3 is 1. The molecule has 1 aliphatic heterocycles. The number of carbonyl (C=O) groups is 2. The molecule has 1 aliphatic rings. The molecule has 0 radical (unpaired) electrons. The first-order chi connectivity index (χ1) is 15.0. The van der Waals surface area contributed by atoms with Crippen LogP contribution in [0.5, 0.6) is 5.75 Å². The predicted molar refractivity (Wildman–Crippen MR) is 122 cm³/mol. The van der Waals surface area contributed by atoms with Gasteiger partial charge in [0, 0.05) is 30.9 Å². The van der Waals surface area contributed by atoms with Gasteiger partial charge in [-0.3, -0.25) is 9.59 Å². The lowest BCUT2D eigenvalue weighted by Crippen LogP contribution is -2.42. The third-order valence-corrected chi connectivity index (χ3v) is 5.32. The fraction of sp³-hybridized carbons (Fsp3) is 0.154. The molecule has 0 atom stereocenters. The molecule has 2 amide bonds. The number of nitrogens with zero attached hydrogens (tertiary/aromatic N) is 2. The molecule has 3 aromatic carbocycles. The minimum absolute atomic E-state index is 0.330. The highest BCUT2D eigenvalue weighted by Gasteiger charge is 2.36. The summed E-state index contributed by atoms with van der Waals surface area (Å²) >= 11 is 0. The normalized spacial score (nSPS) is 14.5. The van der Waals surface area contributed by atoms with Crippen LogP contribution >= 0.6 is 0 Å². The van der Waals surface area contributed by atoms with Crippen LogP contribution in [0, 0.1) is 6.92 Å². The molecule has 0 unspecified atom stereocenters. The molecule has 4 rings (SSSR count). The van der Waals surface area contributed by atoms with Gasteiger partial charge in [0.25, 0.3) is 11.8 Å². The Morgan fingerprint density at radius 2 is 1.52 bits per heavy atom. The Morgan fingerprint density at radius 1 is 0.871 bits per heavy atom. The van der Waals surface area contributed by atoms with Crippen LogP contribution in [0.15, 0.2) is 79.0 Å². The van der Waals surface area contributed by atoms with Crippen molar-refractivity contribution in [2.24, 2.45) is 0 Å². The van der Waals surface area contributed by atoms with Crippen molar-refractivity contribution in [3.8, 4) is 5.75 Å². The second kappa shape index (κ2) is 8.48. The van der Waals surface area contributed by atoms with E-state index in [-0.39, 0.29) is 11.8 Å². The smallest absolute Gasteiger partial charge is 0.267 e. The molecule has 0 aromatic heterocycles. The molecule has 156 valence electrons. The zero-order valence-corrected chi connectivity index (χ0v) is 17.8. The maximum atomic E-state index is 13.5. The molecule has 0 N–H and O–H groups in total. The van der Waals surface area contributed by atoms with Gasteiger partial charge in [-0.2, -0.15) is 0 Å². The lowest BCUT2D eigenvalue weighted by atomic mass is 9.93. The maximum Gasteiger partial charge on any atom is 0.267 e. The number of carbonyl (C=O) groups excluding carboxylic acids is 2. The van der Waals surface area contributed by atoms with Crippen LogP contribution in [0.25, 0.3) is 5.57 Å². The number of fused-ring (bicyclic) bond motifs is 1. The molecule has 31 heavy (non-hydrogen) atoms. The van der Waals surface area contributed by atoms with Crippen molar-refractivity contribution in [1.29, 1.82) is 0 Å². The molecule has 5 heteroatoms. The Bertz CT molecular complexity index is 1150. The second-order valence-corrected chi connectivity index (χ2v) is 7.63. The average molecular weight is 412 g/mol. The number of imide groups is 1. The number of rotatable bonds is 5. The SMILES string of the molecule is COc1ccc(N2C(=O)/C(=C/N(C)Cc3ccc(C)cc3)c3ccccc3C2=O)cc1. The van der Waals surface area contributed by atoms with E-state index in [1.165, 1.54) is 10.5 Å². The Hall–Kier alpha value is -3.86. The first-order valence-electron chi connectivity index (χ1n) is 10.1. The summed E-state index contributed by atoms with van der Waals surface area (Å²) in [5.74, 6) is -0.0108. The number of hydrogen-bond acceptors (Lipinski definition) is 4. The van der Waals surface area contributed by atoms with E-state index in [9.17, 15) is 9.59 Å². The molecular formula is C26H24N2O3. The molecule has 0 fully saturated rings. The van der Waals surface area contributed by atoms with E-state index in [0.29, 0.717) is 34.7 Å². The average Bonchev–Trinajstić information content (AvgIpc) is 2.79. The largest absolute Gasteiger partial charge is 0.497 e. The minimum Gasteiger partial charge on any atom is -0.497 e. The fourth-order valence-electron chi connectivity index (χ4n) is 3.69. The number of amides is 2. The van der Waals surface area contributed by atoms with Crippen LogP contribution in [0.2, 0.25) is 0 Å². The molecule has 1 heterocycles. The van der Waals surface area contributed by atoms with Crippen molar-refractivity contribution >= 4 is 23.1 Å². The summed E-state index contributed by atoms with van der Waals surface area (Å²) in [6.45, 7) is 2.70. The highest BCUT2D eigenvalue weighted by Crippen LogP contribution is 2.33. The van der Waals surface area contributed by atoms with E-state index in [0.717, 1.165) is 5.56 Å². The molecule has 0 saturated heterocycles. The van der Waals surface area contributed by atoms with E-state index < -0.39 is 0 Å². The van der Waals surface area contributed by atoms with Gasteiger partial charge >= 0.3 is 0 Å². The first kappa shape index (κ1) is 20.4. The Morgan fingerprint density at radius 3 is 2.16 bits per heavy atom. The summed E-state index contributed by atoms with van der Waals surface area (Å²) in [5.41, 5.74) is 4.50. The highest BCUT2D eigenvalue weighted by molar-refractivity contribution is 6.41. The van der Waals surface area contributed by atoms with Crippen molar-refractivity contribution in [2.45, 2.75) is 13.5 Å². The number of anilines is 1. The standard InChI is InChI=1S/C26H24N2O3/c1-18-8-10-19(11-9-18)16-27(2)17-24-22-6-4-5-7-23(22)25(29)28(26(24)30)20-12-14-21(31-3)15-13-20/h4-15,17H,16H2,1-3H3/b24-17+. The number of ether oxygens (including phenoxy) is 1. The van der Waals surface area contributed by atoms with Gasteiger partial charge in [-0.05, 0) is 42.8 Å². The molecule has 0 aliphatic carbocycles. The van der Waals surface area contributed by atoms with E-state index in [4.69, 9.17) is 4.74 Å². The van der Waals surface area contributed by atoms with Gasteiger partial charge in [-0.25, -0.2) is 4.90 Å². The summed E-state index contributed by atoms with van der Waals surface area (Å²) in [7, 11) is 3.50. The van der Waals surface area contributed by atoms with Crippen LogP contribution < -0.4 is 9.64 Å². The number of hydrogen-bond donors (Lipinski definition) is 0. The lowest BCUT2D eigenvalue weighted by Gasteiger charge is -2.29. The van der Waals surface area contributed by atoms with Crippen LogP contribution in [0.3, 0.4) is 0 Å². The number of benzene rings is 3. The monoisotopic (exact) mass is 412 g/mol. The topological polar surface area (TPSA) is 49.9 Å². The highest BCUT2D eigenvalue weighted by atomic mass is 16.5. The quantitative estimate of drug-likeness (QED) is 0.452. The van der Waals surface area contributed by atoms with E-state index in [1.807, 2.05) is 36.3 Å². The van der Waals surface area contributed by atoms with Crippen molar-refractivity contribution in [1.82, 2.24) is 4.90 Å². The predicted octanol–water partition coefficient (Wildman–Crippen LogP) is 4.66. The van der Waals surface area contributed by atoms with E-state index >= 15 is 0 Å². The van der Waals surface area contributed by atoms with Gasteiger partial charge in [0.15, 0.2) is 0 Å². The molecule has 5 nitrogen and oxygen atoms in total. The van der Waals surface area contributed by atoms with Gasteiger partial charge in [-0.15, -0.1) is 0 Å². The fourth-order valence-corrected chi connectivity index (χ4v) is 3.69.